The number of rotatable bonds is 6. The van der Waals surface area contributed by atoms with Gasteiger partial charge in [0.2, 0.25) is 5.13 Å². The largest absolute Gasteiger partial charge is 0.462 e. The van der Waals surface area contributed by atoms with E-state index in [-0.39, 0.29) is 23.0 Å². The minimum Gasteiger partial charge on any atom is -0.462 e. The van der Waals surface area contributed by atoms with Crippen molar-refractivity contribution in [2.24, 2.45) is 5.10 Å². The quantitative estimate of drug-likeness (QED) is 0.372. The summed E-state index contributed by atoms with van der Waals surface area (Å²) >= 11 is 7.03. The van der Waals surface area contributed by atoms with E-state index < -0.39 is 5.97 Å². The molecule has 0 amide bonds. The van der Waals surface area contributed by atoms with E-state index in [0.717, 1.165) is 16.9 Å². The number of thiazole rings is 1. The number of hydrogen-bond acceptors (Lipinski definition) is 7. The van der Waals surface area contributed by atoms with Crippen molar-refractivity contribution in [3.05, 3.63) is 45.4 Å². The topological polar surface area (TPSA) is 80.7 Å². The third-order valence-corrected chi connectivity index (χ3v) is 3.97. The van der Waals surface area contributed by atoms with Gasteiger partial charge in [0.05, 0.1) is 12.8 Å². The lowest BCUT2D eigenvalue weighted by molar-refractivity contribution is 0.0528. The number of ketones is 1. The molecule has 6 nitrogen and oxygen atoms in total. The van der Waals surface area contributed by atoms with Gasteiger partial charge < -0.3 is 4.74 Å². The van der Waals surface area contributed by atoms with Gasteiger partial charge in [0, 0.05) is 17.5 Å². The highest BCUT2D eigenvalue weighted by Crippen LogP contribution is 2.24. The van der Waals surface area contributed by atoms with E-state index in [1.807, 2.05) is 12.1 Å². The molecular weight excluding hydrogens is 338 g/mol. The smallest absolute Gasteiger partial charge is 0.350 e. The minimum absolute atomic E-state index is 0.0730. The molecule has 0 saturated carbocycles. The molecule has 1 N–H and O–H groups in total. The predicted molar refractivity (Wildman–Crippen MR) is 90.7 cm³/mol. The molecule has 0 unspecified atom stereocenters. The Kier molecular flexibility index (Phi) is 5.84. The maximum absolute atomic E-state index is 11.8. The molecule has 0 radical (unpaired) electrons. The van der Waals surface area contributed by atoms with Crippen LogP contribution in [-0.2, 0) is 4.74 Å². The van der Waals surface area contributed by atoms with Crippen molar-refractivity contribution in [3.8, 4) is 0 Å². The number of carbonyl (C=O) groups excluding carboxylic acids is 2. The van der Waals surface area contributed by atoms with Gasteiger partial charge >= 0.3 is 5.97 Å². The van der Waals surface area contributed by atoms with E-state index in [2.05, 4.69) is 15.5 Å². The Balaban J connectivity index is 2.17. The van der Waals surface area contributed by atoms with Crippen molar-refractivity contribution >= 4 is 46.0 Å². The van der Waals surface area contributed by atoms with Crippen LogP contribution in [0.25, 0.3) is 0 Å². The molecule has 0 aliphatic carbocycles. The number of esters is 1. The Bertz CT molecular complexity index is 758. The Morgan fingerprint density at radius 1 is 1.43 bits per heavy atom. The summed E-state index contributed by atoms with van der Waals surface area (Å²) in [5.41, 5.74) is 3.50. The van der Waals surface area contributed by atoms with Crippen LogP contribution in [-0.4, -0.2) is 29.6 Å². The van der Waals surface area contributed by atoms with Gasteiger partial charge in [0.15, 0.2) is 5.78 Å². The summed E-state index contributed by atoms with van der Waals surface area (Å²) in [5, 5.41) is 4.90. The van der Waals surface area contributed by atoms with Crippen molar-refractivity contribution in [2.75, 3.05) is 12.0 Å². The SMILES string of the molecule is CCOC(=O)c1sc(N/N=C/c2ccccc2Cl)nc1C(C)=O. The van der Waals surface area contributed by atoms with Crippen LogP contribution < -0.4 is 5.43 Å². The molecule has 1 aromatic heterocycles. The lowest BCUT2D eigenvalue weighted by atomic mass is 10.2. The van der Waals surface area contributed by atoms with Crippen LogP contribution in [0.2, 0.25) is 5.02 Å². The predicted octanol–water partition coefficient (Wildman–Crippen LogP) is 3.62. The molecule has 0 atom stereocenters. The van der Waals surface area contributed by atoms with Gasteiger partial charge in [0.25, 0.3) is 0 Å². The van der Waals surface area contributed by atoms with Gasteiger partial charge in [-0.3, -0.25) is 10.2 Å². The van der Waals surface area contributed by atoms with Crippen molar-refractivity contribution in [1.82, 2.24) is 4.98 Å². The first-order chi connectivity index (χ1) is 11.0. The van der Waals surface area contributed by atoms with Crippen LogP contribution in [0.3, 0.4) is 0 Å². The average Bonchev–Trinajstić information content (AvgIpc) is 2.94. The summed E-state index contributed by atoms with van der Waals surface area (Å²) in [4.78, 5) is 27.7. The normalized spacial score (nSPS) is 10.7. The van der Waals surface area contributed by atoms with Crippen LogP contribution in [0.1, 0.15) is 39.6 Å². The van der Waals surface area contributed by atoms with Crippen molar-refractivity contribution in [1.29, 1.82) is 0 Å². The van der Waals surface area contributed by atoms with Gasteiger partial charge in [0.1, 0.15) is 10.6 Å². The summed E-state index contributed by atoms with van der Waals surface area (Å²) < 4.78 is 4.92. The number of Topliss-reactive ketones (excluding diaryl/α,β-unsaturated/α-hetero) is 1. The maximum atomic E-state index is 11.8. The molecule has 0 spiro atoms. The molecule has 2 aromatic rings. The van der Waals surface area contributed by atoms with Gasteiger partial charge in [-0.25, -0.2) is 9.78 Å². The van der Waals surface area contributed by atoms with Gasteiger partial charge in [-0.1, -0.05) is 41.1 Å². The molecule has 8 heteroatoms. The number of anilines is 1. The third-order valence-electron chi connectivity index (χ3n) is 2.69. The number of benzene rings is 1. The van der Waals surface area contributed by atoms with Crippen LogP contribution in [0, 0.1) is 0 Å². The lowest BCUT2D eigenvalue weighted by Gasteiger charge is -1.98. The fourth-order valence-electron chi connectivity index (χ4n) is 1.68. The fourth-order valence-corrected chi connectivity index (χ4v) is 2.72. The Morgan fingerprint density at radius 3 is 2.83 bits per heavy atom. The highest BCUT2D eigenvalue weighted by atomic mass is 35.5. The van der Waals surface area contributed by atoms with E-state index in [1.165, 1.54) is 13.1 Å². The van der Waals surface area contributed by atoms with E-state index in [0.29, 0.717) is 10.2 Å². The summed E-state index contributed by atoms with van der Waals surface area (Å²) in [5.74, 6) is -0.884. The molecular formula is C15H14ClN3O3S. The fraction of sp³-hybridized carbons (Fsp3) is 0.200. The van der Waals surface area contributed by atoms with Crippen molar-refractivity contribution < 1.29 is 14.3 Å². The lowest BCUT2D eigenvalue weighted by Crippen LogP contribution is -2.08. The molecule has 2 rings (SSSR count). The zero-order chi connectivity index (χ0) is 16.8. The molecule has 1 aromatic carbocycles. The summed E-state index contributed by atoms with van der Waals surface area (Å²) in [6, 6.07) is 7.21. The number of halogens is 1. The van der Waals surface area contributed by atoms with E-state index >= 15 is 0 Å². The van der Waals surface area contributed by atoms with Crippen LogP contribution in [0.5, 0.6) is 0 Å². The van der Waals surface area contributed by atoms with E-state index in [9.17, 15) is 9.59 Å². The second-order valence-corrected chi connectivity index (χ2v) is 5.77. The zero-order valence-corrected chi connectivity index (χ0v) is 14.1. The summed E-state index contributed by atoms with van der Waals surface area (Å²) in [6.07, 6.45) is 1.53. The van der Waals surface area contributed by atoms with Gasteiger partial charge in [-0.05, 0) is 13.0 Å². The second kappa shape index (κ2) is 7.85. The number of nitrogens with one attached hydrogen (secondary N) is 1. The first kappa shape index (κ1) is 17.1. The minimum atomic E-state index is -0.571. The number of hydrazone groups is 1. The first-order valence-corrected chi connectivity index (χ1v) is 7.94. The first-order valence-electron chi connectivity index (χ1n) is 6.75. The molecule has 120 valence electrons. The van der Waals surface area contributed by atoms with Crippen LogP contribution >= 0.6 is 22.9 Å². The molecule has 0 aliphatic heterocycles. The Labute approximate surface area is 142 Å². The number of hydrogen-bond donors (Lipinski definition) is 1. The number of carbonyl (C=O) groups is 2. The molecule has 0 fully saturated rings. The number of ether oxygens (including phenoxy) is 1. The molecule has 0 aliphatic rings. The molecule has 23 heavy (non-hydrogen) atoms. The monoisotopic (exact) mass is 351 g/mol. The Morgan fingerprint density at radius 2 is 2.17 bits per heavy atom. The molecule has 1 heterocycles. The molecule has 0 bridgehead atoms. The number of aromatic nitrogens is 1. The third kappa shape index (κ3) is 4.37. The zero-order valence-electron chi connectivity index (χ0n) is 12.5. The highest BCUT2D eigenvalue weighted by molar-refractivity contribution is 7.17. The number of nitrogens with zero attached hydrogens (tertiary/aromatic N) is 2. The van der Waals surface area contributed by atoms with Gasteiger partial charge in [-0.15, -0.1) is 0 Å². The summed E-state index contributed by atoms with van der Waals surface area (Å²) in [7, 11) is 0. The van der Waals surface area contributed by atoms with Crippen molar-refractivity contribution in [3.63, 3.8) is 0 Å². The average molecular weight is 352 g/mol. The Hall–Kier alpha value is -2.25. The van der Waals surface area contributed by atoms with E-state index in [1.54, 1.807) is 19.1 Å². The highest BCUT2D eigenvalue weighted by Gasteiger charge is 2.22. The van der Waals surface area contributed by atoms with Gasteiger partial charge in [-0.2, -0.15) is 5.10 Å². The van der Waals surface area contributed by atoms with Crippen LogP contribution in [0.15, 0.2) is 29.4 Å². The second-order valence-electron chi connectivity index (χ2n) is 4.36. The van der Waals surface area contributed by atoms with E-state index in [4.69, 9.17) is 16.3 Å². The van der Waals surface area contributed by atoms with Crippen molar-refractivity contribution in [2.45, 2.75) is 13.8 Å². The summed E-state index contributed by atoms with van der Waals surface area (Å²) in [6.45, 7) is 3.26. The molecule has 0 saturated heterocycles. The standard InChI is InChI=1S/C15H14ClN3O3S/c1-3-22-14(21)13-12(9(2)20)18-15(23-13)19-17-8-10-6-4-5-7-11(10)16/h4-8H,3H2,1-2H3,(H,18,19)/b17-8+. The maximum Gasteiger partial charge on any atom is 0.350 e. The van der Waals surface area contributed by atoms with Crippen LogP contribution in [0.4, 0.5) is 5.13 Å².